The van der Waals surface area contributed by atoms with Crippen LogP contribution in [-0.4, -0.2) is 36.8 Å². The maximum absolute atomic E-state index is 11.9. The second-order valence-corrected chi connectivity index (χ2v) is 4.12. The van der Waals surface area contributed by atoms with Crippen molar-refractivity contribution in [2.24, 2.45) is 5.41 Å². The Morgan fingerprint density at radius 1 is 1.71 bits per heavy atom. The van der Waals surface area contributed by atoms with Crippen molar-refractivity contribution in [3.63, 3.8) is 0 Å². The standard InChI is InChI=1S/C10H20N2O2/c1-3-10(4-5-11-7-10)9(14)12-8(2)6-13/h8,11,13H,3-7H2,1-2H3,(H,12,14). The molecule has 4 heteroatoms. The van der Waals surface area contributed by atoms with Gasteiger partial charge in [0, 0.05) is 12.6 Å². The van der Waals surface area contributed by atoms with Crippen molar-refractivity contribution >= 4 is 5.91 Å². The second kappa shape index (κ2) is 4.75. The van der Waals surface area contributed by atoms with E-state index in [4.69, 9.17) is 5.11 Å². The highest BCUT2D eigenvalue weighted by molar-refractivity contribution is 5.83. The topological polar surface area (TPSA) is 61.4 Å². The Balaban J connectivity index is 2.56. The summed E-state index contributed by atoms with van der Waals surface area (Å²) in [6.45, 7) is 5.51. The molecule has 14 heavy (non-hydrogen) atoms. The van der Waals surface area contributed by atoms with Crippen LogP contribution in [0.15, 0.2) is 0 Å². The summed E-state index contributed by atoms with van der Waals surface area (Å²) in [5, 5.41) is 14.9. The van der Waals surface area contributed by atoms with Crippen LogP contribution in [0.2, 0.25) is 0 Å². The average molecular weight is 200 g/mol. The van der Waals surface area contributed by atoms with Crippen molar-refractivity contribution in [2.45, 2.75) is 32.7 Å². The van der Waals surface area contributed by atoms with Crippen LogP contribution in [-0.2, 0) is 4.79 Å². The third-order valence-corrected chi connectivity index (χ3v) is 3.05. The van der Waals surface area contributed by atoms with Crippen molar-refractivity contribution in [1.29, 1.82) is 0 Å². The number of aliphatic hydroxyl groups is 1. The third-order valence-electron chi connectivity index (χ3n) is 3.05. The third kappa shape index (κ3) is 2.25. The summed E-state index contributed by atoms with van der Waals surface area (Å²) < 4.78 is 0. The Labute approximate surface area is 85.1 Å². The number of hydrogen-bond donors (Lipinski definition) is 3. The minimum absolute atomic E-state index is 0.00103. The molecule has 0 radical (unpaired) electrons. The number of nitrogens with one attached hydrogen (secondary N) is 2. The van der Waals surface area contributed by atoms with Gasteiger partial charge < -0.3 is 15.7 Å². The van der Waals surface area contributed by atoms with Crippen LogP contribution in [0.1, 0.15) is 26.7 Å². The molecule has 1 heterocycles. The van der Waals surface area contributed by atoms with Crippen LogP contribution >= 0.6 is 0 Å². The molecule has 1 aliphatic heterocycles. The van der Waals surface area contributed by atoms with Gasteiger partial charge in [-0.3, -0.25) is 4.79 Å². The molecule has 2 unspecified atom stereocenters. The lowest BCUT2D eigenvalue weighted by Crippen LogP contribution is -2.46. The maximum Gasteiger partial charge on any atom is 0.227 e. The highest BCUT2D eigenvalue weighted by Gasteiger charge is 2.39. The lowest BCUT2D eigenvalue weighted by atomic mass is 9.83. The Morgan fingerprint density at radius 2 is 2.43 bits per heavy atom. The van der Waals surface area contributed by atoms with E-state index in [2.05, 4.69) is 10.6 Å². The minimum atomic E-state index is -0.247. The van der Waals surface area contributed by atoms with Crippen molar-refractivity contribution in [1.82, 2.24) is 10.6 Å². The Hall–Kier alpha value is -0.610. The van der Waals surface area contributed by atoms with Gasteiger partial charge in [0.05, 0.1) is 12.0 Å². The molecule has 1 fully saturated rings. The van der Waals surface area contributed by atoms with Gasteiger partial charge in [0.2, 0.25) is 5.91 Å². The lowest BCUT2D eigenvalue weighted by Gasteiger charge is -2.26. The Kier molecular flexibility index (Phi) is 3.89. The van der Waals surface area contributed by atoms with E-state index in [0.717, 1.165) is 25.9 Å². The highest BCUT2D eigenvalue weighted by Crippen LogP contribution is 2.29. The van der Waals surface area contributed by atoms with Crippen molar-refractivity contribution in [3.8, 4) is 0 Å². The Morgan fingerprint density at radius 3 is 2.86 bits per heavy atom. The van der Waals surface area contributed by atoms with Crippen LogP contribution in [0.3, 0.4) is 0 Å². The fourth-order valence-corrected chi connectivity index (χ4v) is 1.82. The predicted molar refractivity (Wildman–Crippen MR) is 54.9 cm³/mol. The van der Waals surface area contributed by atoms with E-state index in [9.17, 15) is 4.79 Å². The summed E-state index contributed by atoms with van der Waals surface area (Å²) in [5.41, 5.74) is -0.247. The summed E-state index contributed by atoms with van der Waals surface area (Å²) in [6, 6.07) is -0.147. The molecule has 3 N–H and O–H groups in total. The molecule has 82 valence electrons. The van der Waals surface area contributed by atoms with Gasteiger partial charge >= 0.3 is 0 Å². The smallest absolute Gasteiger partial charge is 0.227 e. The minimum Gasteiger partial charge on any atom is -0.394 e. The van der Waals surface area contributed by atoms with Gasteiger partial charge in [-0.15, -0.1) is 0 Å². The van der Waals surface area contributed by atoms with Crippen LogP contribution in [0.25, 0.3) is 0 Å². The summed E-state index contributed by atoms with van der Waals surface area (Å²) >= 11 is 0. The van der Waals surface area contributed by atoms with E-state index >= 15 is 0 Å². The second-order valence-electron chi connectivity index (χ2n) is 4.12. The summed E-state index contributed by atoms with van der Waals surface area (Å²) in [7, 11) is 0. The average Bonchev–Trinajstić information content (AvgIpc) is 2.67. The molecule has 2 atom stereocenters. The zero-order valence-electron chi connectivity index (χ0n) is 8.97. The van der Waals surface area contributed by atoms with E-state index in [1.54, 1.807) is 0 Å². The van der Waals surface area contributed by atoms with E-state index in [0.29, 0.717) is 0 Å². The van der Waals surface area contributed by atoms with Gasteiger partial charge in [0.25, 0.3) is 0 Å². The van der Waals surface area contributed by atoms with Crippen LogP contribution in [0.4, 0.5) is 0 Å². The molecule has 4 nitrogen and oxygen atoms in total. The predicted octanol–water partition coefficient (Wildman–Crippen LogP) is -0.127. The summed E-state index contributed by atoms with van der Waals surface area (Å²) in [4.78, 5) is 11.9. The van der Waals surface area contributed by atoms with Gasteiger partial charge in [0.1, 0.15) is 0 Å². The molecule has 1 rings (SSSR count). The van der Waals surface area contributed by atoms with E-state index < -0.39 is 0 Å². The van der Waals surface area contributed by atoms with Crippen LogP contribution < -0.4 is 10.6 Å². The highest BCUT2D eigenvalue weighted by atomic mass is 16.3. The first-order valence-electron chi connectivity index (χ1n) is 5.27. The van der Waals surface area contributed by atoms with Crippen molar-refractivity contribution in [2.75, 3.05) is 19.7 Å². The van der Waals surface area contributed by atoms with Crippen molar-refractivity contribution < 1.29 is 9.90 Å². The first-order chi connectivity index (χ1) is 6.64. The molecule has 1 aliphatic rings. The zero-order valence-corrected chi connectivity index (χ0v) is 8.97. The first-order valence-corrected chi connectivity index (χ1v) is 5.27. The quantitative estimate of drug-likeness (QED) is 0.592. The number of hydrogen-bond acceptors (Lipinski definition) is 3. The summed E-state index contributed by atoms with van der Waals surface area (Å²) in [6.07, 6.45) is 1.75. The molecule has 0 aromatic carbocycles. The molecule has 1 amide bonds. The van der Waals surface area contributed by atoms with Gasteiger partial charge in [-0.25, -0.2) is 0 Å². The monoisotopic (exact) mass is 200 g/mol. The first kappa shape index (κ1) is 11.5. The molecule has 0 bridgehead atoms. The van der Waals surface area contributed by atoms with Gasteiger partial charge in [-0.2, -0.15) is 0 Å². The molecular weight excluding hydrogens is 180 g/mol. The molecule has 0 saturated carbocycles. The normalized spacial score (nSPS) is 28.8. The van der Waals surface area contributed by atoms with E-state index in [1.165, 1.54) is 0 Å². The van der Waals surface area contributed by atoms with Crippen LogP contribution in [0, 0.1) is 5.41 Å². The fraction of sp³-hybridized carbons (Fsp3) is 0.900. The molecule has 0 aromatic rings. The molecule has 0 aromatic heterocycles. The molecule has 0 aliphatic carbocycles. The number of carbonyl (C=O) groups is 1. The maximum atomic E-state index is 11.9. The number of carbonyl (C=O) groups excluding carboxylic acids is 1. The largest absolute Gasteiger partial charge is 0.394 e. The Bertz CT molecular complexity index is 200. The zero-order chi connectivity index (χ0) is 10.6. The van der Waals surface area contributed by atoms with Gasteiger partial charge in [-0.05, 0) is 26.3 Å². The molecule has 1 saturated heterocycles. The van der Waals surface area contributed by atoms with Gasteiger partial charge in [-0.1, -0.05) is 6.92 Å². The SMILES string of the molecule is CCC1(C(=O)NC(C)CO)CCNC1. The van der Waals surface area contributed by atoms with E-state index in [-0.39, 0.29) is 24.0 Å². The lowest BCUT2D eigenvalue weighted by molar-refractivity contribution is -0.131. The molecule has 0 spiro atoms. The number of aliphatic hydroxyl groups excluding tert-OH is 1. The number of rotatable bonds is 4. The molecular formula is C10H20N2O2. The van der Waals surface area contributed by atoms with Gasteiger partial charge in [0.15, 0.2) is 0 Å². The van der Waals surface area contributed by atoms with Crippen LogP contribution in [0.5, 0.6) is 0 Å². The fourth-order valence-electron chi connectivity index (χ4n) is 1.82. The van der Waals surface area contributed by atoms with Crippen molar-refractivity contribution in [3.05, 3.63) is 0 Å². The summed E-state index contributed by atoms with van der Waals surface area (Å²) in [5.74, 6) is 0.0755. The number of amides is 1. The van der Waals surface area contributed by atoms with E-state index in [1.807, 2.05) is 13.8 Å².